The second-order valence-electron chi connectivity index (χ2n) is 4.91. The van der Waals surface area contributed by atoms with Crippen LogP contribution in [0.15, 0.2) is 24.0 Å². The van der Waals surface area contributed by atoms with E-state index in [4.69, 9.17) is 10.3 Å². The van der Waals surface area contributed by atoms with Crippen molar-refractivity contribution in [3.05, 3.63) is 29.3 Å². The van der Waals surface area contributed by atoms with Crippen LogP contribution in [0.2, 0.25) is 0 Å². The number of azide groups is 1. The molecule has 1 aliphatic rings. The van der Waals surface area contributed by atoms with Crippen molar-refractivity contribution in [2.75, 3.05) is 13.2 Å². The van der Waals surface area contributed by atoms with Crippen LogP contribution < -0.4 is 0 Å². The Balaban J connectivity index is 2.00. The minimum atomic E-state index is -1.91. The van der Waals surface area contributed by atoms with E-state index < -0.39 is 37.2 Å². The van der Waals surface area contributed by atoms with Gasteiger partial charge in [-0.05, 0) is 5.53 Å². The zero-order chi connectivity index (χ0) is 15.7. The number of hydrogen-bond acceptors (Lipinski definition) is 8. The topological polar surface area (TPSA) is 162 Å². The minimum absolute atomic E-state index is 0.406. The SMILES string of the molecule is [N-]=[N+]=NC[C@@]1(O)[C@@H](CO)O[C@@H](n2cnc3cncnc32)[C@@H]1O. The monoisotopic (exact) mass is 307 g/mol. The third kappa shape index (κ3) is 2.08. The van der Waals surface area contributed by atoms with Crippen molar-refractivity contribution in [1.29, 1.82) is 0 Å². The normalized spacial score (nSPS) is 31.3. The van der Waals surface area contributed by atoms with Crippen LogP contribution in [0.5, 0.6) is 0 Å². The molecule has 4 atom stereocenters. The lowest BCUT2D eigenvalue weighted by Crippen LogP contribution is -2.51. The summed E-state index contributed by atoms with van der Waals surface area (Å²) < 4.78 is 6.95. The predicted octanol–water partition coefficient (Wildman–Crippen LogP) is -0.882. The second kappa shape index (κ2) is 5.48. The van der Waals surface area contributed by atoms with Gasteiger partial charge < -0.3 is 20.1 Å². The Morgan fingerprint density at radius 3 is 3.05 bits per heavy atom. The Kier molecular flexibility index (Phi) is 3.64. The quantitative estimate of drug-likeness (QED) is 0.375. The molecule has 0 aromatic carbocycles. The molecule has 3 N–H and O–H groups in total. The summed E-state index contributed by atoms with van der Waals surface area (Å²) in [5.41, 5.74) is 7.40. The largest absolute Gasteiger partial charge is 0.394 e. The van der Waals surface area contributed by atoms with Gasteiger partial charge >= 0.3 is 0 Å². The lowest BCUT2D eigenvalue weighted by atomic mass is 9.92. The lowest BCUT2D eigenvalue weighted by Gasteiger charge is -2.28. The molecular formula is C11H13N7O4. The molecule has 2 aromatic heterocycles. The number of aromatic nitrogens is 4. The van der Waals surface area contributed by atoms with Gasteiger partial charge in [0.2, 0.25) is 0 Å². The number of hydrogen-bond donors (Lipinski definition) is 3. The maximum atomic E-state index is 10.5. The number of rotatable bonds is 4. The van der Waals surface area contributed by atoms with Crippen LogP contribution in [0.25, 0.3) is 21.6 Å². The Morgan fingerprint density at radius 1 is 1.50 bits per heavy atom. The molecule has 3 rings (SSSR count). The summed E-state index contributed by atoms with van der Waals surface area (Å²) in [6, 6.07) is 0. The van der Waals surface area contributed by atoms with Crippen molar-refractivity contribution >= 4 is 11.2 Å². The standard InChI is InChI=1S/C11H13N7O4/c12-17-16-3-11(21)7(2-19)22-10(8(11)20)18-5-15-6-1-13-4-14-9(6)18/h1,4-5,7-8,10,19-21H,2-3H2/t7-,8+,10-,11-/m1/s1. The van der Waals surface area contributed by atoms with E-state index in [1.54, 1.807) is 0 Å². The van der Waals surface area contributed by atoms with Crippen LogP contribution in [-0.2, 0) is 4.74 Å². The molecule has 11 nitrogen and oxygen atoms in total. The predicted molar refractivity (Wildman–Crippen MR) is 71.3 cm³/mol. The molecule has 1 saturated heterocycles. The fraction of sp³-hybridized carbons (Fsp3) is 0.545. The van der Waals surface area contributed by atoms with Crippen LogP contribution in [0.4, 0.5) is 0 Å². The summed E-state index contributed by atoms with van der Waals surface area (Å²) in [6.07, 6.45) is 0.615. The Bertz CT molecular complexity index is 730. The highest BCUT2D eigenvalue weighted by molar-refractivity contribution is 5.69. The Hall–Kier alpha value is -2.30. The van der Waals surface area contributed by atoms with E-state index in [1.165, 1.54) is 23.4 Å². The molecular weight excluding hydrogens is 294 g/mol. The number of aliphatic hydroxyl groups is 3. The van der Waals surface area contributed by atoms with Crippen LogP contribution in [0.3, 0.4) is 0 Å². The molecule has 0 saturated carbocycles. The number of aliphatic hydroxyl groups excluding tert-OH is 2. The maximum absolute atomic E-state index is 10.5. The summed E-state index contributed by atoms with van der Waals surface area (Å²) in [6.45, 7) is -0.985. The highest BCUT2D eigenvalue weighted by atomic mass is 16.6. The van der Waals surface area contributed by atoms with Gasteiger partial charge in [0, 0.05) is 4.91 Å². The molecule has 0 bridgehead atoms. The molecule has 22 heavy (non-hydrogen) atoms. The van der Waals surface area contributed by atoms with Crippen molar-refractivity contribution in [2.24, 2.45) is 5.11 Å². The van der Waals surface area contributed by atoms with Crippen molar-refractivity contribution in [3.8, 4) is 0 Å². The fourth-order valence-electron chi connectivity index (χ4n) is 2.53. The number of ether oxygens (including phenoxy) is 1. The number of nitrogens with zero attached hydrogens (tertiary/aromatic N) is 7. The van der Waals surface area contributed by atoms with Gasteiger partial charge in [0.05, 0.1) is 25.7 Å². The van der Waals surface area contributed by atoms with Crippen LogP contribution >= 0.6 is 0 Å². The maximum Gasteiger partial charge on any atom is 0.166 e. The van der Waals surface area contributed by atoms with Crippen molar-refractivity contribution in [2.45, 2.75) is 24.0 Å². The number of fused-ring (bicyclic) bond motifs is 1. The van der Waals surface area contributed by atoms with Crippen LogP contribution in [-0.4, -0.2) is 65.8 Å². The van der Waals surface area contributed by atoms with E-state index in [1.807, 2.05) is 0 Å². The molecule has 0 radical (unpaired) electrons. The van der Waals surface area contributed by atoms with Gasteiger partial charge in [-0.3, -0.25) is 4.57 Å². The molecule has 1 fully saturated rings. The minimum Gasteiger partial charge on any atom is -0.394 e. The summed E-state index contributed by atoms with van der Waals surface area (Å²) in [4.78, 5) is 14.5. The van der Waals surface area contributed by atoms with E-state index in [0.717, 1.165) is 0 Å². The van der Waals surface area contributed by atoms with Crippen molar-refractivity contribution in [1.82, 2.24) is 19.5 Å². The van der Waals surface area contributed by atoms with Gasteiger partial charge in [0.25, 0.3) is 0 Å². The summed E-state index contributed by atoms with van der Waals surface area (Å²) in [7, 11) is 0. The Labute approximate surface area is 123 Å². The van der Waals surface area contributed by atoms with Gasteiger partial charge in [-0.15, -0.1) is 0 Å². The highest BCUT2D eigenvalue weighted by Gasteiger charge is 2.55. The molecule has 0 amide bonds. The van der Waals surface area contributed by atoms with E-state index in [9.17, 15) is 15.3 Å². The first-order valence-electron chi connectivity index (χ1n) is 6.42. The third-order valence-electron chi connectivity index (χ3n) is 3.71. The van der Waals surface area contributed by atoms with Gasteiger partial charge in [-0.2, -0.15) is 0 Å². The first-order valence-corrected chi connectivity index (χ1v) is 6.42. The van der Waals surface area contributed by atoms with Gasteiger partial charge in [-0.25, -0.2) is 15.0 Å². The molecule has 0 spiro atoms. The summed E-state index contributed by atoms with van der Waals surface area (Å²) >= 11 is 0. The first kappa shape index (κ1) is 14.6. The van der Waals surface area contributed by atoms with E-state index in [-0.39, 0.29) is 0 Å². The molecule has 2 aromatic rings. The van der Waals surface area contributed by atoms with Crippen LogP contribution in [0.1, 0.15) is 6.23 Å². The average Bonchev–Trinajstić information content (AvgIpc) is 3.06. The van der Waals surface area contributed by atoms with Gasteiger partial charge in [-0.1, -0.05) is 5.11 Å². The van der Waals surface area contributed by atoms with E-state index in [2.05, 4.69) is 25.0 Å². The molecule has 11 heteroatoms. The molecule has 3 heterocycles. The van der Waals surface area contributed by atoms with Crippen molar-refractivity contribution < 1.29 is 20.1 Å². The molecule has 0 unspecified atom stereocenters. The third-order valence-corrected chi connectivity index (χ3v) is 3.71. The second-order valence-corrected chi connectivity index (χ2v) is 4.91. The van der Waals surface area contributed by atoms with E-state index >= 15 is 0 Å². The van der Waals surface area contributed by atoms with E-state index in [0.29, 0.717) is 11.2 Å². The lowest BCUT2D eigenvalue weighted by molar-refractivity contribution is -0.0860. The summed E-state index contributed by atoms with van der Waals surface area (Å²) in [5.74, 6) is 0. The van der Waals surface area contributed by atoms with Crippen LogP contribution in [0, 0.1) is 0 Å². The van der Waals surface area contributed by atoms with Gasteiger partial charge in [0.15, 0.2) is 11.9 Å². The average molecular weight is 307 g/mol. The number of imidazole rings is 1. The van der Waals surface area contributed by atoms with Gasteiger partial charge in [0.1, 0.15) is 29.7 Å². The molecule has 0 aliphatic carbocycles. The Morgan fingerprint density at radius 2 is 2.32 bits per heavy atom. The zero-order valence-corrected chi connectivity index (χ0v) is 11.3. The zero-order valence-electron chi connectivity index (χ0n) is 11.3. The summed E-state index contributed by atoms with van der Waals surface area (Å²) in [5, 5.41) is 33.6. The highest BCUT2D eigenvalue weighted by Crippen LogP contribution is 2.38. The molecule has 1 aliphatic heterocycles. The fourth-order valence-corrected chi connectivity index (χ4v) is 2.53. The first-order chi connectivity index (χ1) is 10.6. The molecule has 116 valence electrons. The van der Waals surface area contributed by atoms with Crippen molar-refractivity contribution in [3.63, 3.8) is 0 Å². The smallest absolute Gasteiger partial charge is 0.166 e.